The zero-order valence-electron chi connectivity index (χ0n) is 16.6. The highest BCUT2D eigenvalue weighted by Gasteiger charge is 2.27. The molecule has 1 atom stereocenters. The van der Waals surface area contributed by atoms with E-state index in [1.807, 2.05) is 0 Å². The van der Waals surface area contributed by atoms with Gasteiger partial charge in [0.1, 0.15) is 4.21 Å². The lowest BCUT2D eigenvalue weighted by Crippen LogP contribution is -2.35. The highest BCUT2D eigenvalue weighted by atomic mass is 32.2. The number of nitrogens with one attached hydrogen (secondary N) is 1. The second-order valence-corrected chi connectivity index (χ2v) is 11.3. The van der Waals surface area contributed by atoms with Crippen LogP contribution in [0, 0.1) is 0 Å². The van der Waals surface area contributed by atoms with Gasteiger partial charge in [-0.1, -0.05) is 30.7 Å². The molecule has 1 N–H and O–H groups in total. The second kappa shape index (κ2) is 8.98. The van der Waals surface area contributed by atoms with E-state index in [1.165, 1.54) is 22.5 Å². The first kappa shape index (κ1) is 20.6. The number of carbonyl (C=O) groups excluding carboxylic acids is 1. The number of hydrogen-bond donors (Lipinski definition) is 1. The van der Waals surface area contributed by atoms with Gasteiger partial charge in [0, 0.05) is 30.4 Å². The number of rotatable bonds is 6. The molecule has 0 bridgehead atoms. The lowest BCUT2D eigenvalue weighted by molar-refractivity contribution is -0.120. The molecular weight excluding hydrogens is 404 g/mol. The van der Waals surface area contributed by atoms with E-state index < -0.39 is 10.0 Å². The minimum Gasteiger partial charge on any atom is -0.355 e. The van der Waals surface area contributed by atoms with Crippen molar-refractivity contribution in [1.29, 1.82) is 0 Å². The fourth-order valence-corrected chi connectivity index (χ4v) is 7.37. The van der Waals surface area contributed by atoms with Gasteiger partial charge in [-0.15, -0.1) is 11.3 Å². The Morgan fingerprint density at radius 2 is 1.86 bits per heavy atom. The van der Waals surface area contributed by atoms with Gasteiger partial charge >= 0.3 is 0 Å². The Morgan fingerprint density at radius 3 is 2.69 bits per heavy atom. The van der Waals surface area contributed by atoms with Crippen molar-refractivity contribution in [3.8, 4) is 0 Å². The minimum absolute atomic E-state index is 0.0446. The molecule has 1 aliphatic heterocycles. The van der Waals surface area contributed by atoms with E-state index in [1.54, 1.807) is 16.4 Å². The van der Waals surface area contributed by atoms with Crippen molar-refractivity contribution in [2.75, 3.05) is 19.6 Å². The molecular formula is C22H28N2O3S2. The van der Waals surface area contributed by atoms with Gasteiger partial charge in [0.2, 0.25) is 5.91 Å². The van der Waals surface area contributed by atoms with Gasteiger partial charge in [0.05, 0.1) is 6.42 Å². The van der Waals surface area contributed by atoms with E-state index in [2.05, 4.69) is 29.6 Å². The largest absolute Gasteiger partial charge is 0.355 e. The Labute approximate surface area is 177 Å². The molecule has 1 aromatic carbocycles. The molecule has 0 radical (unpaired) electrons. The maximum atomic E-state index is 12.8. The molecule has 0 saturated carbocycles. The summed E-state index contributed by atoms with van der Waals surface area (Å²) >= 11 is 1.22. The van der Waals surface area contributed by atoms with Crippen LogP contribution in [0.3, 0.4) is 0 Å². The van der Waals surface area contributed by atoms with E-state index >= 15 is 0 Å². The summed E-state index contributed by atoms with van der Waals surface area (Å²) in [7, 11) is -3.42. The second-order valence-electron chi connectivity index (χ2n) is 7.95. The third-order valence-electron chi connectivity index (χ3n) is 5.92. The van der Waals surface area contributed by atoms with Crippen LogP contribution in [0.1, 0.15) is 54.0 Å². The molecule has 0 spiro atoms. The summed E-state index contributed by atoms with van der Waals surface area (Å²) in [4.78, 5) is 13.3. The van der Waals surface area contributed by atoms with Crippen LogP contribution in [0.2, 0.25) is 0 Å². The first-order valence-electron chi connectivity index (χ1n) is 10.5. The van der Waals surface area contributed by atoms with Crippen LogP contribution in [-0.2, 0) is 27.7 Å². The first-order valence-corrected chi connectivity index (χ1v) is 12.7. The SMILES string of the molecule is O=C(Cc1ccc(S(=O)(=O)N2CCCCC2)s1)NC[C@@H]1CCCc2ccccc21. The fourth-order valence-electron chi connectivity index (χ4n) is 4.35. The smallest absolute Gasteiger partial charge is 0.252 e. The number of amides is 1. The summed E-state index contributed by atoms with van der Waals surface area (Å²) in [5, 5.41) is 3.06. The molecule has 2 aromatic rings. The van der Waals surface area contributed by atoms with Gasteiger partial charge in [0.15, 0.2) is 0 Å². The Kier molecular flexibility index (Phi) is 6.37. The summed E-state index contributed by atoms with van der Waals surface area (Å²) in [5.74, 6) is 0.319. The highest BCUT2D eigenvalue weighted by molar-refractivity contribution is 7.91. The van der Waals surface area contributed by atoms with E-state index in [0.717, 1.165) is 43.4 Å². The van der Waals surface area contributed by atoms with Crippen LogP contribution < -0.4 is 5.32 Å². The van der Waals surface area contributed by atoms with Crippen LogP contribution in [0.15, 0.2) is 40.6 Å². The van der Waals surface area contributed by atoms with Crippen molar-refractivity contribution >= 4 is 27.3 Å². The van der Waals surface area contributed by atoms with Crippen molar-refractivity contribution in [2.45, 2.75) is 55.1 Å². The standard InChI is InChI=1S/C22H28N2O3S2/c25-21(23-16-18-9-6-8-17-7-2-3-10-20(17)18)15-19-11-12-22(28-19)29(26,27)24-13-4-1-5-14-24/h2-3,7,10-12,18H,1,4-6,8-9,13-16H2,(H,23,25)/t18-/m0/s1. The molecule has 29 heavy (non-hydrogen) atoms. The van der Waals surface area contributed by atoms with Gasteiger partial charge in [-0.2, -0.15) is 4.31 Å². The molecule has 7 heteroatoms. The Hall–Kier alpha value is -1.70. The van der Waals surface area contributed by atoms with Gasteiger partial charge in [0.25, 0.3) is 10.0 Å². The predicted molar refractivity (Wildman–Crippen MR) is 116 cm³/mol. The quantitative estimate of drug-likeness (QED) is 0.757. The third kappa shape index (κ3) is 4.73. The van der Waals surface area contributed by atoms with Crippen LogP contribution in [0.5, 0.6) is 0 Å². The van der Waals surface area contributed by atoms with E-state index in [4.69, 9.17) is 0 Å². The monoisotopic (exact) mass is 432 g/mol. The van der Waals surface area contributed by atoms with Crippen molar-refractivity contribution in [2.24, 2.45) is 0 Å². The topological polar surface area (TPSA) is 66.5 Å². The van der Waals surface area contributed by atoms with Gasteiger partial charge in [-0.25, -0.2) is 8.42 Å². The molecule has 1 amide bonds. The number of piperidine rings is 1. The number of carbonyl (C=O) groups is 1. The van der Waals surface area contributed by atoms with Gasteiger partial charge < -0.3 is 5.32 Å². The number of benzene rings is 1. The summed E-state index contributed by atoms with van der Waals surface area (Å²) < 4.78 is 27.5. The van der Waals surface area contributed by atoms with E-state index in [0.29, 0.717) is 29.8 Å². The average molecular weight is 433 g/mol. The summed E-state index contributed by atoms with van der Waals surface area (Å²) in [5.41, 5.74) is 2.74. The molecule has 2 aliphatic rings. The zero-order valence-corrected chi connectivity index (χ0v) is 18.2. The van der Waals surface area contributed by atoms with Gasteiger partial charge in [-0.05, 0) is 55.4 Å². The number of nitrogens with zero attached hydrogens (tertiary/aromatic N) is 1. The average Bonchev–Trinajstić information content (AvgIpc) is 3.22. The van der Waals surface area contributed by atoms with Crippen LogP contribution in [-0.4, -0.2) is 38.3 Å². The van der Waals surface area contributed by atoms with Crippen molar-refractivity contribution in [3.63, 3.8) is 0 Å². The van der Waals surface area contributed by atoms with Gasteiger partial charge in [-0.3, -0.25) is 4.79 Å². The van der Waals surface area contributed by atoms with Crippen molar-refractivity contribution in [3.05, 3.63) is 52.4 Å². The Bertz CT molecular complexity index is 962. The minimum atomic E-state index is -3.42. The van der Waals surface area contributed by atoms with E-state index in [-0.39, 0.29) is 12.3 Å². The summed E-state index contributed by atoms with van der Waals surface area (Å²) in [6.07, 6.45) is 6.52. The molecule has 4 rings (SSSR count). The maximum Gasteiger partial charge on any atom is 0.252 e. The molecule has 156 valence electrons. The predicted octanol–water partition coefficient (Wildman–Crippen LogP) is 3.70. The Balaban J connectivity index is 1.34. The number of aryl methyl sites for hydroxylation is 1. The fraction of sp³-hybridized carbons (Fsp3) is 0.500. The molecule has 5 nitrogen and oxygen atoms in total. The van der Waals surface area contributed by atoms with Crippen LogP contribution in [0.4, 0.5) is 0 Å². The highest BCUT2D eigenvalue weighted by Crippen LogP contribution is 2.31. The number of hydrogen-bond acceptors (Lipinski definition) is 4. The van der Waals surface area contributed by atoms with Crippen LogP contribution in [0.25, 0.3) is 0 Å². The lowest BCUT2D eigenvalue weighted by Gasteiger charge is -2.25. The third-order valence-corrected chi connectivity index (χ3v) is 9.37. The van der Waals surface area contributed by atoms with Crippen molar-refractivity contribution in [1.82, 2.24) is 9.62 Å². The summed E-state index contributed by atoms with van der Waals surface area (Å²) in [6.45, 7) is 1.83. The van der Waals surface area contributed by atoms with Crippen LogP contribution >= 0.6 is 11.3 Å². The molecule has 1 fully saturated rings. The normalized spacial score (nSPS) is 20.2. The number of thiophene rings is 1. The molecule has 1 saturated heterocycles. The number of fused-ring (bicyclic) bond motifs is 1. The lowest BCUT2D eigenvalue weighted by atomic mass is 9.83. The van der Waals surface area contributed by atoms with E-state index in [9.17, 15) is 13.2 Å². The first-order chi connectivity index (χ1) is 14.0. The number of sulfonamides is 1. The maximum absolute atomic E-state index is 12.8. The summed E-state index contributed by atoms with van der Waals surface area (Å²) in [6, 6.07) is 11.9. The van der Waals surface area contributed by atoms with Crippen molar-refractivity contribution < 1.29 is 13.2 Å². The molecule has 2 heterocycles. The molecule has 0 unspecified atom stereocenters. The molecule has 1 aliphatic carbocycles. The zero-order chi connectivity index (χ0) is 20.3. The Morgan fingerprint density at radius 1 is 1.07 bits per heavy atom. The molecule has 1 aromatic heterocycles.